The second kappa shape index (κ2) is 9.00. The molecule has 5 rings (SSSR count). The van der Waals surface area contributed by atoms with Gasteiger partial charge in [0.15, 0.2) is 11.6 Å². The van der Waals surface area contributed by atoms with E-state index in [-0.39, 0.29) is 11.7 Å². The molecule has 1 saturated heterocycles. The number of nitrogens with zero attached hydrogens (tertiary/aromatic N) is 4. The molecule has 8 nitrogen and oxygen atoms in total. The van der Waals surface area contributed by atoms with Crippen molar-refractivity contribution in [3.05, 3.63) is 58.3 Å². The topological polar surface area (TPSA) is 86.4 Å². The zero-order valence-corrected chi connectivity index (χ0v) is 19.2. The van der Waals surface area contributed by atoms with Gasteiger partial charge >= 0.3 is 0 Å². The van der Waals surface area contributed by atoms with E-state index in [1.54, 1.807) is 17.8 Å². The number of aryl methyl sites for hydroxylation is 1. The number of hydrogen-bond donors (Lipinski definition) is 1. The average Bonchev–Trinajstić information content (AvgIpc) is 3.54. The number of nitrogens with one attached hydrogen (secondary N) is 1. The van der Waals surface area contributed by atoms with Crippen LogP contribution in [-0.4, -0.2) is 37.9 Å². The first-order chi connectivity index (χ1) is 15.6. The normalized spacial score (nSPS) is 15.6. The zero-order chi connectivity index (χ0) is 22.8. The van der Waals surface area contributed by atoms with Crippen LogP contribution in [0.15, 0.2) is 41.6 Å². The fourth-order valence-corrected chi connectivity index (χ4v) is 4.28. The molecule has 32 heavy (non-hydrogen) atoms. The average molecular weight is 436 g/mol. The molecule has 1 aromatic carbocycles. The van der Waals surface area contributed by atoms with E-state index in [4.69, 9.17) is 9.47 Å². The minimum atomic E-state index is -0.208. The lowest BCUT2D eigenvalue weighted by Crippen LogP contribution is -2.16. The van der Waals surface area contributed by atoms with Crippen molar-refractivity contribution in [2.75, 3.05) is 13.7 Å². The van der Waals surface area contributed by atoms with Crippen molar-refractivity contribution in [2.45, 2.75) is 39.7 Å². The van der Waals surface area contributed by atoms with E-state index in [2.05, 4.69) is 15.1 Å². The van der Waals surface area contributed by atoms with Crippen LogP contribution in [0.3, 0.4) is 0 Å². The summed E-state index contributed by atoms with van der Waals surface area (Å²) in [6.45, 7) is 6.71. The van der Waals surface area contributed by atoms with Gasteiger partial charge in [0.05, 0.1) is 13.2 Å². The van der Waals surface area contributed by atoms with Gasteiger partial charge in [0.1, 0.15) is 11.3 Å². The number of imidazole rings is 1. The van der Waals surface area contributed by atoms with Crippen molar-refractivity contribution in [1.82, 2.24) is 24.1 Å². The van der Waals surface area contributed by atoms with Gasteiger partial charge in [-0.3, -0.25) is 4.79 Å². The lowest BCUT2D eigenvalue weighted by atomic mass is 9.95. The Labute approximate surface area is 186 Å². The van der Waals surface area contributed by atoms with Gasteiger partial charge in [0, 0.05) is 43.4 Å². The van der Waals surface area contributed by atoms with Gasteiger partial charge in [-0.25, -0.2) is 9.50 Å². The Morgan fingerprint density at radius 2 is 2.06 bits per heavy atom. The number of methoxy groups -OCH3 is 1. The summed E-state index contributed by atoms with van der Waals surface area (Å²) in [5, 5.41) is 4.68. The molecular weight excluding hydrogens is 406 g/mol. The Bertz CT molecular complexity index is 1290. The van der Waals surface area contributed by atoms with E-state index < -0.39 is 0 Å². The SMILES string of the molecule is CC.COc1cccc(-c2cn3nc(-c4nccn4C)[nH]c(=O)c3c2C2CCCO2)c1C. The van der Waals surface area contributed by atoms with Crippen molar-refractivity contribution in [1.29, 1.82) is 0 Å². The maximum absolute atomic E-state index is 13.2. The fraction of sp³-hybridized carbons (Fsp3) is 0.375. The summed E-state index contributed by atoms with van der Waals surface area (Å²) < 4.78 is 15.0. The summed E-state index contributed by atoms with van der Waals surface area (Å²) in [6.07, 6.45) is 7.11. The highest BCUT2D eigenvalue weighted by Crippen LogP contribution is 2.41. The summed E-state index contributed by atoms with van der Waals surface area (Å²) in [6, 6.07) is 5.93. The molecule has 1 atom stereocenters. The summed E-state index contributed by atoms with van der Waals surface area (Å²) in [4.78, 5) is 20.4. The summed E-state index contributed by atoms with van der Waals surface area (Å²) >= 11 is 0. The van der Waals surface area contributed by atoms with Gasteiger partial charge < -0.3 is 19.0 Å². The van der Waals surface area contributed by atoms with Crippen LogP contribution >= 0.6 is 0 Å². The number of fused-ring (bicyclic) bond motifs is 1. The van der Waals surface area contributed by atoms with Crippen LogP contribution in [-0.2, 0) is 11.8 Å². The molecule has 1 N–H and O–H groups in total. The Morgan fingerprint density at radius 3 is 2.72 bits per heavy atom. The number of aromatic nitrogens is 5. The number of rotatable bonds is 4. The van der Waals surface area contributed by atoms with Gasteiger partial charge in [-0.1, -0.05) is 26.0 Å². The fourth-order valence-electron chi connectivity index (χ4n) is 4.28. The summed E-state index contributed by atoms with van der Waals surface area (Å²) in [5.74, 6) is 1.82. The number of benzene rings is 1. The zero-order valence-electron chi connectivity index (χ0n) is 19.2. The molecule has 168 valence electrons. The molecule has 4 heterocycles. The molecule has 3 aromatic heterocycles. The van der Waals surface area contributed by atoms with Crippen LogP contribution in [0.4, 0.5) is 0 Å². The quantitative estimate of drug-likeness (QED) is 0.517. The van der Waals surface area contributed by atoms with Crippen molar-refractivity contribution in [2.24, 2.45) is 7.05 Å². The van der Waals surface area contributed by atoms with Crippen LogP contribution in [0.2, 0.25) is 0 Å². The van der Waals surface area contributed by atoms with Crippen LogP contribution in [0, 0.1) is 6.92 Å². The van der Waals surface area contributed by atoms with Crippen molar-refractivity contribution < 1.29 is 9.47 Å². The standard InChI is InChI=1S/C22H23N5O3.C2H6/c1-13-14(6-4-7-16(13)29-3)15-12-27-19(18(15)17-8-5-11-30-17)22(28)24-20(25-27)21-23-9-10-26(21)2;1-2/h4,6-7,9-10,12,17H,5,8,11H2,1-3H3,(H,24,25,28);1-2H3. The third-order valence-electron chi connectivity index (χ3n) is 5.76. The van der Waals surface area contributed by atoms with Gasteiger partial charge in [-0.15, -0.1) is 5.10 Å². The van der Waals surface area contributed by atoms with E-state index in [9.17, 15) is 4.79 Å². The number of aromatic amines is 1. The van der Waals surface area contributed by atoms with E-state index in [0.717, 1.165) is 40.8 Å². The molecule has 1 aliphatic heterocycles. The Hall–Kier alpha value is -3.39. The number of ether oxygens (including phenoxy) is 2. The van der Waals surface area contributed by atoms with Crippen molar-refractivity contribution in [3.63, 3.8) is 0 Å². The van der Waals surface area contributed by atoms with Gasteiger partial charge in [0.25, 0.3) is 5.56 Å². The third-order valence-corrected chi connectivity index (χ3v) is 5.76. The van der Waals surface area contributed by atoms with Gasteiger partial charge in [-0.2, -0.15) is 0 Å². The Kier molecular flexibility index (Phi) is 6.14. The smallest absolute Gasteiger partial charge is 0.276 e. The molecule has 0 aliphatic carbocycles. The molecule has 1 aliphatic rings. The second-order valence-corrected chi connectivity index (χ2v) is 7.55. The summed E-state index contributed by atoms with van der Waals surface area (Å²) in [5.41, 5.74) is 4.13. The molecule has 8 heteroatoms. The molecule has 0 spiro atoms. The summed E-state index contributed by atoms with van der Waals surface area (Å²) in [7, 11) is 3.53. The lowest BCUT2D eigenvalue weighted by molar-refractivity contribution is 0.113. The Morgan fingerprint density at radius 1 is 1.25 bits per heavy atom. The van der Waals surface area contributed by atoms with Crippen LogP contribution < -0.4 is 10.3 Å². The number of hydrogen-bond acceptors (Lipinski definition) is 5. The molecule has 0 saturated carbocycles. The lowest BCUT2D eigenvalue weighted by Gasteiger charge is -2.14. The highest BCUT2D eigenvalue weighted by Gasteiger charge is 2.28. The van der Waals surface area contributed by atoms with Crippen molar-refractivity contribution >= 4 is 5.52 Å². The molecule has 1 unspecified atom stereocenters. The molecule has 1 fully saturated rings. The predicted molar refractivity (Wildman–Crippen MR) is 124 cm³/mol. The minimum Gasteiger partial charge on any atom is -0.496 e. The maximum Gasteiger partial charge on any atom is 0.276 e. The van der Waals surface area contributed by atoms with E-state index in [1.165, 1.54) is 0 Å². The van der Waals surface area contributed by atoms with Gasteiger partial charge in [0.2, 0.25) is 0 Å². The Balaban J connectivity index is 0.00000119. The van der Waals surface area contributed by atoms with Gasteiger partial charge in [-0.05, 0) is 37.0 Å². The first-order valence-electron chi connectivity index (χ1n) is 11.0. The van der Waals surface area contributed by atoms with Crippen LogP contribution in [0.5, 0.6) is 5.75 Å². The van der Waals surface area contributed by atoms with E-state index in [0.29, 0.717) is 23.8 Å². The number of H-pyrrole nitrogens is 1. The third kappa shape index (κ3) is 3.60. The first-order valence-corrected chi connectivity index (χ1v) is 11.0. The van der Waals surface area contributed by atoms with E-state index >= 15 is 0 Å². The predicted octanol–water partition coefficient (Wildman–Crippen LogP) is 4.28. The monoisotopic (exact) mass is 435 g/mol. The minimum absolute atomic E-state index is 0.141. The first kappa shape index (κ1) is 21.8. The highest BCUT2D eigenvalue weighted by molar-refractivity contribution is 5.80. The molecular formula is C24H29N5O3. The maximum atomic E-state index is 13.2. The van der Waals surface area contributed by atoms with E-state index in [1.807, 2.05) is 63.0 Å². The largest absolute Gasteiger partial charge is 0.496 e. The molecule has 0 bridgehead atoms. The van der Waals surface area contributed by atoms with Crippen LogP contribution in [0.25, 0.3) is 28.3 Å². The second-order valence-electron chi connectivity index (χ2n) is 7.55. The van der Waals surface area contributed by atoms with Crippen molar-refractivity contribution in [3.8, 4) is 28.5 Å². The molecule has 4 aromatic rings. The molecule has 0 radical (unpaired) electrons. The molecule has 0 amide bonds. The highest BCUT2D eigenvalue weighted by atomic mass is 16.5. The van der Waals surface area contributed by atoms with Crippen LogP contribution in [0.1, 0.15) is 43.9 Å².